The van der Waals surface area contributed by atoms with Crippen molar-refractivity contribution in [3.05, 3.63) is 18.6 Å². The quantitative estimate of drug-likeness (QED) is 0.873. The fourth-order valence-electron chi connectivity index (χ4n) is 1.80. The van der Waals surface area contributed by atoms with Gasteiger partial charge >= 0.3 is 0 Å². The van der Waals surface area contributed by atoms with E-state index < -0.39 is 6.43 Å². The van der Waals surface area contributed by atoms with E-state index in [0.717, 1.165) is 13.0 Å². The third-order valence-electron chi connectivity index (χ3n) is 2.69. The Morgan fingerprint density at radius 3 is 2.95 bits per heavy atom. The lowest BCUT2D eigenvalue weighted by Gasteiger charge is -2.19. The molecule has 1 N–H and O–H groups in total. The summed E-state index contributed by atoms with van der Waals surface area (Å²) in [6.45, 7) is 2.46. The van der Waals surface area contributed by atoms with E-state index in [0.29, 0.717) is 17.3 Å². The van der Waals surface area contributed by atoms with E-state index in [4.69, 9.17) is 0 Å². The van der Waals surface area contributed by atoms with E-state index in [1.54, 1.807) is 30.0 Å². The standard InChI is InChI=1S/C12H17F2N5/c1-3-4-15-10-8-19-6-5-16-11(19)12(17-10)18(2)7-9(13)14/h5-6,8-9,15H,3-4,7H2,1-2H3. The minimum atomic E-state index is -2.41. The van der Waals surface area contributed by atoms with Crippen molar-refractivity contribution in [2.75, 3.05) is 30.4 Å². The number of alkyl halides is 2. The van der Waals surface area contributed by atoms with Crippen LogP contribution in [0.4, 0.5) is 20.4 Å². The number of hydrogen-bond donors (Lipinski definition) is 1. The summed E-state index contributed by atoms with van der Waals surface area (Å²) in [6, 6.07) is 0. The number of fused-ring (bicyclic) bond motifs is 1. The molecule has 0 radical (unpaired) electrons. The summed E-state index contributed by atoms with van der Waals surface area (Å²) >= 11 is 0. The lowest BCUT2D eigenvalue weighted by molar-refractivity contribution is 0.156. The Kier molecular flexibility index (Phi) is 4.13. The number of rotatable bonds is 6. The van der Waals surface area contributed by atoms with Gasteiger partial charge in [-0.1, -0.05) is 6.92 Å². The molecule has 0 bridgehead atoms. The topological polar surface area (TPSA) is 45.5 Å². The molecule has 0 aromatic carbocycles. The van der Waals surface area contributed by atoms with Gasteiger partial charge in [0, 0.05) is 26.0 Å². The van der Waals surface area contributed by atoms with Gasteiger partial charge in [0.1, 0.15) is 5.82 Å². The minimum absolute atomic E-state index is 0.368. The molecule has 0 atom stereocenters. The Hall–Kier alpha value is -1.92. The molecule has 2 aromatic heterocycles. The van der Waals surface area contributed by atoms with Crippen LogP contribution in [0.2, 0.25) is 0 Å². The summed E-state index contributed by atoms with van der Waals surface area (Å²) in [6.07, 6.45) is 3.76. The van der Waals surface area contributed by atoms with Crippen LogP contribution in [0, 0.1) is 0 Å². The molecule has 2 rings (SSSR count). The van der Waals surface area contributed by atoms with Crippen molar-refractivity contribution in [1.29, 1.82) is 0 Å². The molecule has 0 aliphatic heterocycles. The first kappa shape index (κ1) is 13.5. The van der Waals surface area contributed by atoms with Gasteiger partial charge in [-0.25, -0.2) is 18.7 Å². The summed E-state index contributed by atoms with van der Waals surface area (Å²) in [5, 5.41) is 3.15. The SMILES string of the molecule is CCCNc1cn2ccnc2c(N(C)CC(F)F)n1. The summed E-state index contributed by atoms with van der Waals surface area (Å²) in [5.74, 6) is 1.11. The van der Waals surface area contributed by atoms with Crippen molar-refractivity contribution >= 4 is 17.3 Å². The zero-order valence-electron chi connectivity index (χ0n) is 11.0. The number of hydrogen-bond acceptors (Lipinski definition) is 4. The van der Waals surface area contributed by atoms with Crippen LogP contribution in [0.1, 0.15) is 13.3 Å². The number of anilines is 2. The lowest BCUT2D eigenvalue weighted by Crippen LogP contribution is -2.26. The molecule has 0 aliphatic rings. The smallest absolute Gasteiger partial charge is 0.255 e. The third kappa shape index (κ3) is 3.10. The highest BCUT2D eigenvalue weighted by Gasteiger charge is 2.15. The van der Waals surface area contributed by atoms with E-state index >= 15 is 0 Å². The highest BCUT2D eigenvalue weighted by atomic mass is 19.3. The number of nitrogens with one attached hydrogen (secondary N) is 1. The Morgan fingerprint density at radius 1 is 1.47 bits per heavy atom. The van der Waals surface area contributed by atoms with Gasteiger partial charge in [0.05, 0.1) is 12.7 Å². The average molecular weight is 269 g/mol. The largest absolute Gasteiger partial charge is 0.369 e. The first-order valence-corrected chi connectivity index (χ1v) is 6.18. The maximum atomic E-state index is 12.5. The van der Waals surface area contributed by atoms with E-state index in [-0.39, 0.29) is 6.54 Å². The Morgan fingerprint density at radius 2 is 2.26 bits per heavy atom. The second-order valence-corrected chi connectivity index (χ2v) is 4.31. The summed E-state index contributed by atoms with van der Waals surface area (Å²) in [5.41, 5.74) is 0.574. The van der Waals surface area contributed by atoms with Gasteiger partial charge < -0.3 is 14.6 Å². The molecule has 0 amide bonds. The van der Waals surface area contributed by atoms with Crippen LogP contribution in [-0.4, -0.2) is 40.9 Å². The van der Waals surface area contributed by atoms with Crippen molar-refractivity contribution in [3.8, 4) is 0 Å². The zero-order valence-corrected chi connectivity index (χ0v) is 11.0. The molecule has 19 heavy (non-hydrogen) atoms. The van der Waals surface area contributed by atoms with Crippen LogP contribution >= 0.6 is 0 Å². The molecule has 0 unspecified atom stereocenters. The first-order chi connectivity index (χ1) is 9.11. The van der Waals surface area contributed by atoms with Crippen LogP contribution in [0.15, 0.2) is 18.6 Å². The molecule has 2 heterocycles. The van der Waals surface area contributed by atoms with E-state index in [1.807, 2.05) is 6.92 Å². The number of aromatic nitrogens is 3. The van der Waals surface area contributed by atoms with Crippen molar-refractivity contribution in [2.24, 2.45) is 0 Å². The van der Waals surface area contributed by atoms with Crippen LogP contribution in [0.25, 0.3) is 5.65 Å². The molecule has 0 saturated heterocycles. The van der Waals surface area contributed by atoms with Crippen LogP contribution in [0.3, 0.4) is 0 Å². The maximum Gasteiger partial charge on any atom is 0.255 e. The molecule has 0 fully saturated rings. The van der Waals surface area contributed by atoms with E-state index in [1.165, 1.54) is 4.90 Å². The molecule has 0 spiro atoms. The predicted molar refractivity (Wildman–Crippen MR) is 71.0 cm³/mol. The second kappa shape index (κ2) is 5.81. The monoisotopic (exact) mass is 269 g/mol. The molecule has 104 valence electrons. The van der Waals surface area contributed by atoms with Crippen LogP contribution < -0.4 is 10.2 Å². The maximum absolute atomic E-state index is 12.5. The highest BCUT2D eigenvalue weighted by molar-refractivity contribution is 5.66. The molecular formula is C12H17F2N5. The van der Waals surface area contributed by atoms with Gasteiger partial charge in [-0.15, -0.1) is 0 Å². The molecule has 7 heteroatoms. The Balaban J connectivity index is 2.36. The summed E-state index contributed by atoms with van der Waals surface area (Å²) < 4.78 is 26.8. The molecule has 0 aliphatic carbocycles. The van der Waals surface area contributed by atoms with Gasteiger partial charge in [-0.05, 0) is 6.42 Å². The Bertz CT molecular complexity index is 540. The normalized spacial score (nSPS) is 11.2. The summed E-state index contributed by atoms with van der Waals surface area (Å²) in [4.78, 5) is 9.94. The molecule has 0 saturated carbocycles. The molecular weight excluding hydrogens is 252 g/mol. The van der Waals surface area contributed by atoms with Gasteiger partial charge in [0.15, 0.2) is 11.5 Å². The van der Waals surface area contributed by atoms with E-state index in [2.05, 4.69) is 15.3 Å². The number of nitrogens with zero attached hydrogens (tertiary/aromatic N) is 4. The van der Waals surface area contributed by atoms with E-state index in [9.17, 15) is 8.78 Å². The average Bonchev–Trinajstić information content (AvgIpc) is 2.82. The highest BCUT2D eigenvalue weighted by Crippen LogP contribution is 2.20. The van der Waals surface area contributed by atoms with Crippen molar-refractivity contribution in [3.63, 3.8) is 0 Å². The number of halogens is 2. The van der Waals surface area contributed by atoms with Gasteiger partial charge in [0.25, 0.3) is 6.43 Å². The first-order valence-electron chi connectivity index (χ1n) is 6.18. The van der Waals surface area contributed by atoms with Crippen molar-refractivity contribution in [1.82, 2.24) is 14.4 Å². The molecule has 5 nitrogen and oxygen atoms in total. The predicted octanol–water partition coefficient (Wildman–Crippen LogP) is 2.25. The van der Waals surface area contributed by atoms with Crippen LogP contribution in [0.5, 0.6) is 0 Å². The second-order valence-electron chi connectivity index (χ2n) is 4.31. The lowest BCUT2D eigenvalue weighted by atomic mass is 10.4. The van der Waals surface area contributed by atoms with Crippen molar-refractivity contribution < 1.29 is 8.78 Å². The van der Waals surface area contributed by atoms with Gasteiger partial charge in [-0.2, -0.15) is 0 Å². The zero-order chi connectivity index (χ0) is 13.8. The van der Waals surface area contributed by atoms with Crippen LogP contribution in [-0.2, 0) is 0 Å². The van der Waals surface area contributed by atoms with Gasteiger partial charge in [0.2, 0.25) is 0 Å². The van der Waals surface area contributed by atoms with Gasteiger partial charge in [-0.3, -0.25) is 0 Å². The fraction of sp³-hybridized carbons (Fsp3) is 0.500. The number of imidazole rings is 1. The summed E-state index contributed by atoms with van der Waals surface area (Å²) in [7, 11) is 1.59. The molecule has 2 aromatic rings. The Labute approximate surface area is 110 Å². The third-order valence-corrected chi connectivity index (χ3v) is 2.69. The minimum Gasteiger partial charge on any atom is -0.369 e. The van der Waals surface area contributed by atoms with Crippen molar-refractivity contribution in [2.45, 2.75) is 19.8 Å². The fourth-order valence-corrected chi connectivity index (χ4v) is 1.80.